The molecule has 0 N–H and O–H groups in total. The maximum absolute atomic E-state index is 13.9. The van der Waals surface area contributed by atoms with E-state index < -0.39 is 5.82 Å². The number of piperazine rings is 1. The molecule has 37 heavy (non-hydrogen) atoms. The highest BCUT2D eigenvalue weighted by molar-refractivity contribution is 6.33. The van der Waals surface area contributed by atoms with Crippen LogP contribution >= 0.6 is 23.2 Å². The zero-order chi connectivity index (χ0) is 26.1. The fourth-order valence-corrected chi connectivity index (χ4v) is 5.59. The van der Waals surface area contributed by atoms with E-state index in [0.717, 1.165) is 60.9 Å². The van der Waals surface area contributed by atoms with E-state index >= 15 is 0 Å². The van der Waals surface area contributed by atoms with E-state index in [-0.39, 0.29) is 17.6 Å². The second-order valence-electron chi connectivity index (χ2n) is 9.68. The highest BCUT2D eigenvalue weighted by atomic mass is 35.5. The summed E-state index contributed by atoms with van der Waals surface area (Å²) in [6.45, 7) is 14.7. The molecule has 2 fully saturated rings. The molecular formula is C27H28Cl2FN7. The van der Waals surface area contributed by atoms with Gasteiger partial charge in [0.2, 0.25) is 12.5 Å². The SMILES string of the molecule is [C-]#[N+]Cc1cnc(N2CCN(c3cc(-c4ccc(F)c(Cl)c4)nc(N4CCC[C@H]4C)n3)[C@H](C)C2)c(Cl)c1. The topological polar surface area (TPSA) is 52.8 Å². The molecule has 0 saturated carbocycles. The van der Waals surface area contributed by atoms with E-state index in [0.29, 0.717) is 23.6 Å². The number of aromatic nitrogens is 3. The van der Waals surface area contributed by atoms with Crippen molar-refractivity contribution in [1.29, 1.82) is 0 Å². The molecule has 0 radical (unpaired) electrons. The molecule has 1 aromatic carbocycles. The second-order valence-corrected chi connectivity index (χ2v) is 10.5. The van der Waals surface area contributed by atoms with Crippen molar-refractivity contribution in [2.75, 3.05) is 40.9 Å². The van der Waals surface area contributed by atoms with Crippen molar-refractivity contribution in [3.8, 4) is 11.3 Å². The average molecular weight is 540 g/mol. The van der Waals surface area contributed by atoms with Crippen LogP contribution in [0.15, 0.2) is 36.5 Å². The van der Waals surface area contributed by atoms with Crippen LogP contribution in [0, 0.1) is 12.4 Å². The molecule has 2 aliphatic heterocycles. The molecule has 0 amide bonds. The molecular weight excluding hydrogens is 512 g/mol. The fourth-order valence-electron chi connectivity index (χ4n) is 5.10. The third kappa shape index (κ3) is 5.29. The Morgan fingerprint density at radius 1 is 1.03 bits per heavy atom. The minimum atomic E-state index is -0.452. The number of rotatable bonds is 5. The Bertz CT molecular complexity index is 1340. The van der Waals surface area contributed by atoms with Crippen molar-refractivity contribution in [3.05, 3.63) is 69.4 Å². The van der Waals surface area contributed by atoms with Crippen LogP contribution in [0.2, 0.25) is 10.0 Å². The molecule has 0 spiro atoms. The number of nitrogens with zero attached hydrogens (tertiary/aromatic N) is 7. The predicted octanol–water partition coefficient (Wildman–Crippen LogP) is 6.11. The summed E-state index contributed by atoms with van der Waals surface area (Å²) < 4.78 is 13.9. The summed E-state index contributed by atoms with van der Waals surface area (Å²) in [5.74, 6) is 1.80. The molecule has 2 saturated heterocycles. The van der Waals surface area contributed by atoms with Gasteiger partial charge in [0.25, 0.3) is 0 Å². The molecule has 4 heterocycles. The largest absolute Gasteiger partial charge is 0.352 e. The van der Waals surface area contributed by atoms with Crippen LogP contribution in [-0.4, -0.2) is 53.2 Å². The molecule has 7 nitrogen and oxygen atoms in total. The van der Waals surface area contributed by atoms with E-state index in [1.54, 1.807) is 18.3 Å². The molecule has 5 rings (SSSR count). The quantitative estimate of drug-likeness (QED) is 0.364. The lowest BCUT2D eigenvalue weighted by atomic mass is 10.1. The van der Waals surface area contributed by atoms with Crippen molar-refractivity contribution in [2.24, 2.45) is 0 Å². The number of anilines is 3. The maximum atomic E-state index is 13.9. The van der Waals surface area contributed by atoms with E-state index in [4.69, 9.17) is 39.7 Å². The van der Waals surface area contributed by atoms with Gasteiger partial charge in [-0.25, -0.2) is 20.9 Å². The standard InChI is InChI=1S/C27H28Cl2FN7/c1-17-5-4-8-37(17)27-33-24(20-6-7-23(30)21(28)12-20)13-25(34-27)36-10-9-35(16-18(36)2)26-22(29)11-19(14-31-3)15-32-26/h6-7,11-13,15,17-18H,4-5,8-10,14,16H2,1-2H3/t17-,18-/m1/s1. The van der Waals surface area contributed by atoms with Gasteiger partial charge in [-0.1, -0.05) is 23.2 Å². The first kappa shape index (κ1) is 25.5. The van der Waals surface area contributed by atoms with E-state index in [1.807, 2.05) is 12.1 Å². The molecule has 3 aromatic rings. The minimum Gasteiger partial charge on any atom is -0.352 e. The van der Waals surface area contributed by atoms with Crippen molar-refractivity contribution in [2.45, 2.75) is 45.3 Å². The van der Waals surface area contributed by atoms with Gasteiger partial charge < -0.3 is 19.5 Å². The van der Waals surface area contributed by atoms with Crippen molar-refractivity contribution in [1.82, 2.24) is 15.0 Å². The van der Waals surface area contributed by atoms with Gasteiger partial charge in [-0.2, -0.15) is 4.98 Å². The smallest absolute Gasteiger partial charge is 0.241 e. The highest BCUT2D eigenvalue weighted by Gasteiger charge is 2.29. The number of hydrogen-bond acceptors (Lipinski definition) is 6. The molecule has 2 atom stereocenters. The van der Waals surface area contributed by atoms with E-state index in [9.17, 15) is 4.39 Å². The summed E-state index contributed by atoms with van der Waals surface area (Å²) in [5, 5.41) is 0.632. The molecule has 10 heteroatoms. The first-order valence-electron chi connectivity index (χ1n) is 12.4. The van der Waals surface area contributed by atoms with E-state index in [1.165, 1.54) is 6.07 Å². The lowest BCUT2D eigenvalue weighted by molar-refractivity contribution is 0.542. The average Bonchev–Trinajstić information content (AvgIpc) is 3.31. The third-order valence-electron chi connectivity index (χ3n) is 7.09. The van der Waals surface area contributed by atoms with Gasteiger partial charge in [-0.05, 0) is 51.0 Å². The monoisotopic (exact) mass is 539 g/mol. The Kier molecular flexibility index (Phi) is 7.36. The van der Waals surface area contributed by atoms with Gasteiger partial charge >= 0.3 is 0 Å². The normalized spacial score (nSPS) is 19.8. The van der Waals surface area contributed by atoms with Crippen LogP contribution in [-0.2, 0) is 6.54 Å². The van der Waals surface area contributed by atoms with Gasteiger partial charge in [-0.15, -0.1) is 0 Å². The number of benzene rings is 1. The third-order valence-corrected chi connectivity index (χ3v) is 7.66. The van der Waals surface area contributed by atoms with Gasteiger partial charge in [0.15, 0.2) is 0 Å². The van der Waals surface area contributed by atoms with Crippen LogP contribution in [0.1, 0.15) is 32.3 Å². The number of pyridine rings is 1. The minimum absolute atomic E-state index is 0.0718. The van der Waals surface area contributed by atoms with Crippen LogP contribution in [0.4, 0.5) is 22.0 Å². The lowest BCUT2D eigenvalue weighted by Gasteiger charge is -2.41. The highest BCUT2D eigenvalue weighted by Crippen LogP contribution is 2.33. The van der Waals surface area contributed by atoms with Gasteiger partial charge in [0.1, 0.15) is 17.5 Å². The molecule has 0 unspecified atom stereocenters. The second kappa shape index (κ2) is 10.7. The summed E-state index contributed by atoms with van der Waals surface area (Å²) in [6, 6.07) is 8.96. The van der Waals surface area contributed by atoms with Gasteiger partial charge in [0.05, 0.1) is 21.3 Å². The zero-order valence-electron chi connectivity index (χ0n) is 20.8. The van der Waals surface area contributed by atoms with Crippen molar-refractivity contribution in [3.63, 3.8) is 0 Å². The summed E-state index contributed by atoms with van der Waals surface area (Å²) >= 11 is 12.6. The van der Waals surface area contributed by atoms with Crippen molar-refractivity contribution < 1.29 is 4.39 Å². The van der Waals surface area contributed by atoms with E-state index in [2.05, 4.69) is 38.4 Å². The summed E-state index contributed by atoms with van der Waals surface area (Å²) in [5.41, 5.74) is 2.29. The van der Waals surface area contributed by atoms with Gasteiger partial charge in [0, 0.05) is 56.1 Å². The molecule has 0 aliphatic carbocycles. The Morgan fingerprint density at radius 2 is 1.86 bits per heavy atom. The first-order valence-corrected chi connectivity index (χ1v) is 13.2. The van der Waals surface area contributed by atoms with Crippen LogP contribution in [0.25, 0.3) is 16.1 Å². The molecule has 0 bridgehead atoms. The Labute approximate surface area is 226 Å². The fraction of sp³-hybridized carbons (Fsp3) is 0.407. The Morgan fingerprint density at radius 3 is 2.54 bits per heavy atom. The molecule has 2 aliphatic rings. The van der Waals surface area contributed by atoms with Crippen LogP contribution in [0.5, 0.6) is 0 Å². The summed E-state index contributed by atoms with van der Waals surface area (Å²) in [7, 11) is 0. The van der Waals surface area contributed by atoms with Crippen molar-refractivity contribution >= 4 is 40.8 Å². The van der Waals surface area contributed by atoms with Crippen LogP contribution < -0.4 is 14.7 Å². The molecule has 192 valence electrons. The predicted molar refractivity (Wildman–Crippen MR) is 147 cm³/mol. The zero-order valence-corrected chi connectivity index (χ0v) is 22.3. The Hall–Kier alpha value is -3.15. The molecule has 2 aromatic heterocycles. The number of halogens is 3. The lowest BCUT2D eigenvalue weighted by Crippen LogP contribution is -2.52. The first-order chi connectivity index (χ1) is 17.8. The Balaban J connectivity index is 1.45. The van der Waals surface area contributed by atoms with Gasteiger partial charge in [-0.3, -0.25) is 0 Å². The summed E-state index contributed by atoms with van der Waals surface area (Å²) in [6.07, 6.45) is 3.93. The number of hydrogen-bond donors (Lipinski definition) is 0. The maximum Gasteiger partial charge on any atom is 0.241 e. The summed E-state index contributed by atoms with van der Waals surface area (Å²) in [4.78, 5) is 24.5. The van der Waals surface area contributed by atoms with Crippen LogP contribution in [0.3, 0.4) is 0 Å².